The molecule has 5 heterocycles. The monoisotopic (exact) mass is 595 g/mol. The van der Waals surface area contributed by atoms with Crippen LogP contribution in [0.25, 0.3) is 39.0 Å². The van der Waals surface area contributed by atoms with Crippen molar-refractivity contribution in [1.82, 2.24) is 30.4 Å². The maximum absolute atomic E-state index is 10.8. The molecule has 232 valence electrons. The molecule has 2 aromatic carbocycles. The third-order valence-corrected chi connectivity index (χ3v) is 10.1. The number of fused-ring (bicyclic) bond motifs is 2. The van der Waals surface area contributed by atoms with Gasteiger partial charge >= 0.3 is 0 Å². The van der Waals surface area contributed by atoms with Gasteiger partial charge in [0.25, 0.3) is 0 Å². The first-order chi connectivity index (χ1) is 21.1. The number of H-pyrrole nitrogens is 1. The number of aromatic nitrogens is 4. The Kier molecular flexibility index (Phi) is 7.38. The largest absolute Gasteiger partial charge is 0.488 e. The molecule has 3 saturated heterocycles. The van der Waals surface area contributed by atoms with Gasteiger partial charge in [-0.25, -0.2) is 9.97 Å². The summed E-state index contributed by atoms with van der Waals surface area (Å²) in [6, 6.07) is 6.38. The molecule has 3 aliphatic rings. The Morgan fingerprint density at radius 3 is 2.50 bits per heavy atom. The number of nitrogens with zero attached hydrogens (tertiary/aromatic N) is 5. The molecule has 0 saturated carbocycles. The number of rotatable bonds is 7. The number of benzene rings is 2. The van der Waals surface area contributed by atoms with Gasteiger partial charge in [-0.3, -0.25) is 5.10 Å². The van der Waals surface area contributed by atoms with Crippen molar-refractivity contribution >= 4 is 33.7 Å². The van der Waals surface area contributed by atoms with Crippen molar-refractivity contribution in [2.45, 2.75) is 58.0 Å². The highest BCUT2D eigenvalue weighted by atomic mass is 16.5. The highest BCUT2D eigenvalue weighted by Crippen LogP contribution is 2.47. The standard InChI is InChI=1S/C35H45N7O2/c1-6-23-17-25-30(31(44-21-34(3,4)43)29(23)28-22(2)7-8-27-26(28)18-37-40-27)38-32(24-9-13-41(5)14-10-24)39-33(25)42-15-11-35(12-16-42)19-36-20-35/h6-8,17-18,24,36,43H,1,9-16,19-21H2,2-5H3,(H,37,40). The second-order valence-electron chi connectivity index (χ2n) is 14.0. The number of nitrogens with one attached hydrogen (secondary N) is 2. The summed E-state index contributed by atoms with van der Waals surface area (Å²) in [4.78, 5) is 15.6. The highest BCUT2D eigenvalue weighted by molar-refractivity contribution is 6.07. The molecule has 2 aromatic heterocycles. The van der Waals surface area contributed by atoms with Gasteiger partial charge in [-0.1, -0.05) is 18.7 Å². The zero-order chi connectivity index (χ0) is 30.6. The summed E-state index contributed by atoms with van der Waals surface area (Å²) in [5.74, 6) is 2.85. The number of aromatic amines is 1. The first-order valence-electron chi connectivity index (χ1n) is 16.1. The van der Waals surface area contributed by atoms with Crippen molar-refractivity contribution < 1.29 is 9.84 Å². The number of anilines is 1. The fourth-order valence-corrected chi connectivity index (χ4v) is 7.24. The summed E-state index contributed by atoms with van der Waals surface area (Å²) in [5.41, 5.74) is 5.18. The predicted molar refractivity (Wildman–Crippen MR) is 177 cm³/mol. The van der Waals surface area contributed by atoms with Gasteiger partial charge in [-0.2, -0.15) is 5.10 Å². The molecule has 0 atom stereocenters. The third kappa shape index (κ3) is 5.25. The van der Waals surface area contributed by atoms with Crippen LogP contribution in [0.15, 0.2) is 31.0 Å². The Morgan fingerprint density at radius 2 is 1.84 bits per heavy atom. The Balaban J connectivity index is 1.48. The molecule has 0 radical (unpaired) electrons. The van der Waals surface area contributed by atoms with Crippen molar-refractivity contribution in [2.24, 2.45) is 5.41 Å². The van der Waals surface area contributed by atoms with E-state index in [1.54, 1.807) is 13.8 Å². The van der Waals surface area contributed by atoms with Crippen molar-refractivity contribution in [2.75, 3.05) is 57.8 Å². The Hall–Kier alpha value is -3.53. The number of hydrogen-bond acceptors (Lipinski definition) is 8. The van der Waals surface area contributed by atoms with Crippen LogP contribution in [0, 0.1) is 12.3 Å². The molecule has 9 nitrogen and oxygen atoms in total. The number of piperidine rings is 2. The zero-order valence-corrected chi connectivity index (χ0v) is 26.5. The molecular formula is C35H45N7O2. The van der Waals surface area contributed by atoms with Crippen LogP contribution in [-0.2, 0) is 0 Å². The topological polar surface area (TPSA) is 102 Å². The second-order valence-corrected chi connectivity index (χ2v) is 14.0. The number of hydrogen-bond donors (Lipinski definition) is 3. The van der Waals surface area contributed by atoms with Gasteiger partial charge in [0, 0.05) is 48.4 Å². The normalized spacial score (nSPS) is 19.5. The van der Waals surface area contributed by atoms with Gasteiger partial charge in [0.1, 0.15) is 23.8 Å². The van der Waals surface area contributed by atoms with Gasteiger partial charge in [-0.15, -0.1) is 0 Å². The van der Waals surface area contributed by atoms with Crippen LogP contribution < -0.4 is 15.0 Å². The second kappa shape index (κ2) is 11.1. The van der Waals surface area contributed by atoms with Crippen molar-refractivity contribution in [3.63, 3.8) is 0 Å². The van der Waals surface area contributed by atoms with E-state index in [4.69, 9.17) is 14.7 Å². The average Bonchev–Trinajstić information content (AvgIpc) is 3.47. The van der Waals surface area contributed by atoms with E-state index in [2.05, 4.69) is 64.1 Å². The molecule has 0 unspecified atom stereocenters. The summed E-state index contributed by atoms with van der Waals surface area (Å²) in [6.45, 7) is 16.3. The molecule has 0 amide bonds. The Bertz CT molecular complexity index is 1700. The number of likely N-dealkylation sites (tertiary alicyclic amines) is 1. The van der Waals surface area contributed by atoms with Gasteiger partial charge in [0.05, 0.1) is 17.3 Å². The van der Waals surface area contributed by atoms with E-state index < -0.39 is 5.60 Å². The molecule has 4 aromatic rings. The molecule has 7 rings (SSSR count). The fraction of sp³-hybridized carbons (Fsp3) is 0.514. The molecule has 3 aliphatic heterocycles. The fourth-order valence-electron chi connectivity index (χ4n) is 7.24. The van der Waals surface area contributed by atoms with E-state index in [1.807, 2.05) is 12.3 Å². The smallest absolute Gasteiger partial charge is 0.154 e. The minimum atomic E-state index is -1.03. The van der Waals surface area contributed by atoms with E-state index in [0.717, 1.165) is 121 Å². The molecule has 3 N–H and O–H groups in total. The lowest BCUT2D eigenvalue weighted by Crippen LogP contribution is -2.58. The lowest BCUT2D eigenvalue weighted by Gasteiger charge is -2.48. The van der Waals surface area contributed by atoms with E-state index in [-0.39, 0.29) is 12.5 Å². The van der Waals surface area contributed by atoms with E-state index in [9.17, 15) is 5.11 Å². The van der Waals surface area contributed by atoms with Crippen molar-refractivity contribution in [3.8, 4) is 16.9 Å². The lowest BCUT2D eigenvalue weighted by molar-refractivity contribution is 0.0292. The molecule has 1 spiro atoms. The first kappa shape index (κ1) is 29.2. The lowest BCUT2D eigenvalue weighted by atomic mass is 9.73. The molecule has 9 heteroatoms. The Morgan fingerprint density at radius 1 is 1.09 bits per heavy atom. The average molecular weight is 596 g/mol. The molecule has 0 aliphatic carbocycles. The number of ether oxygens (including phenoxy) is 1. The van der Waals surface area contributed by atoms with Crippen molar-refractivity contribution in [3.05, 3.63) is 47.9 Å². The van der Waals surface area contributed by atoms with Crippen LogP contribution in [-0.4, -0.2) is 88.7 Å². The number of aryl methyl sites for hydroxylation is 1. The van der Waals surface area contributed by atoms with Crippen LogP contribution in [0.4, 0.5) is 5.82 Å². The third-order valence-electron chi connectivity index (χ3n) is 10.1. The van der Waals surface area contributed by atoms with Gasteiger partial charge < -0.3 is 25.0 Å². The van der Waals surface area contributed by atoms with Gasteiger partial charge in [-0.05, 0) is 101 Å². The van der Waals surface area contributed by atoms with Crippen LogP contribution >= 0.6 is 0 Å². The summed E-state index contributed by atoms with van der Waals surface area (Å²) >= 11 is 0. The van der Waals surface area contributed by atoms with Crippen LogP contribution in [0.2, 0.25) is 0 Å². The summed E-state index contributed by atoms with van der Waals surface area (Å²) < 4.78 is 6.70. The maximum Gasteiger partial charge on any atom is 0.154 e. The van der Waals surface area contributed by atoms with Crippen LogP contribution in [0.5, 0.6) is 5.75 Å². The molecule has 44 heavy (non-hydrogen) atoms. The quantitative estimate of drug-likeness (QED) is 0.266. The zero-order valence-electron chi connectivity index (χ0n) is 26.5. The first-order valence-corrected chi connectivity index (χ1v) is 16.1. The van der Waals surface area contributed by atoms with E-state index in [0.29, 0.717) is 11.2 Å². The SMILES string of the molecule is C=Cc1cc2c(N3CCC4(CC3)CNC4)nc(C3CCN(C)CC3)nc2c(OCC(C)(C)O)c1-c1c(C)ccc2[nH]ncc12. The molecule has 0 bridgehead atoms. The minimum Gasteiger partial charge on any atom is -0.488 e. The van der Waals surface area contributed by atoms with Crippen LogP contribution in [0.3, 0.4) is 0 Å². The highest BCUT2D eigenvalue weighted by Gasteiger charge is 2.40. The van der Waals surface area contributed by atoms with Crippen molar-refractivity contribution in [1.29, 1.82) is 0 Å². The maximum atomic E-state index is 10.8. The van der Waals surface area contributed by atoms with Crippen LogP contribution in [0.1, 0.15) is 62.4 Å². The molecular weight excluding hydrogens is 550 g/mol. The number of aliphatic hydroxyl groups is 1. The minimum absolute atomic E-state index is 0.123. The summed E-state index contributed by atoms with van der Waals surface area (Å²) in [5, 5.41) is 23.8. The predicted octanol–water partition coefficient (Wildman–Crippen LogP) is 5.27. The van der Waals surface area contributed by atoms with Gasteiger partial charge in [0.2, 0.25) is 0 Å². The van der Waals surface area contributed by atoms with Gasteiger partial charge in [0.15, 0.2) is 5.75 Å². The summed E-state index contributed by atoms with van der Waals surface area (Å²) in [7, 11) is 2.19. The molecule has 3 fully saturated rings. The Labute approximate surface area is 259 Å². The van der Waals surface area contributed by atoms with E-state index in [1.165, 1.54) is 0 Å². The van der Waals surface area contributed by atoms with E-state index >= 15 is 0 Å². The summed E-state index contributed by atoms with van der Waals surface area (Å²) in [6.07, 6.45) is 8.16.